The molecule has 2 N–H and O–H groups in total. The maximum atomic E-state index is 12.7. The summed E-state index contributed by atoms with van der Waals surface area (Å²) in [5.74, 6) is -0.311. The molecule has 0 aliphatic carbocycles. The molecule has 0 radical (unpaired) electrons. The first kappa shape index (κ1) is 20.1. The van der Waals surface area contributed by atoms with Crippen molar-refractivity contribution in [2.45, 2.75) is 59.1 Å². The van der Waals surface area contributed by atoms with Crippen LogP contribution in [0.25, 0.3) is 0 Å². The summed E-state index contributed by atoms with van der Waals surface area (Å²) in [6, 6.07) is 7.17. The number of hydrogen-bond donors (Lipinski definition) is 2. The van der Waals surface area contributed by atoms with Crippen LogP contribution in [-0.2, 0) is 9.53 Å². The molecule has 2 rings (SSSR count). The molecule has 1 aromatic rings. The standard InChI is InChI=1S/C20H31N3O3/c1-14(2)17(22-19(25)26-20(3,4)5)18(24)21-15-9-8-10-16(13-15)23-11-6-7-12-23/h8-10,13-14,17H,6-7,11-12H2,1-5H3,(H,21,24)(H,22,25). The lowest BCUT2D eigenvalue weighted by molar-refractivity contribution is -0.119. The van der Waals surface area contributed by atoms with Crippen molar-refractivity contribution in [2.24, 2.45) is 5.92 Å². The Labute approximate surface area is 156 Å². The van der Waals surface area contributed by atoms with E-state index >= 15 is 0 Å². The first-order valence-electron chi connectivity index (χ1n) is 9.31. The summed E-state index contributed by atoms with van der Waals surface area (Å²) in [4.78, 5) is 27.0. The number of rotatable bonds is 5. The molecule has 1 aliphatic heterocycles. The SMILES string of the molecule is CC(C)C(NC(=O)OC(C)(C)C)C(=O)Nc1cccc(N2CCCC2)c1. The fourth-order valence-corrected chi connectivity index (χ4v) is 2.95. The van der Waals surface area contributed by atoms with E-state index in [1.165, 1.54) is 12.8 Å². The number of benzene rings is 1. The number of carbonyl (C=O) groups excluding carboxylic acids is 2. The lowest BCUT2D eigenvalue weighted by Gasteiger charge is -2.25. The van der Waals surface area contributed by atoms with Crippen LogP contribution >= 0.6 is 0 Å². The number of amides is 2. The number of alkyl carbamates (subject to hydrolysis) is 1. The zero-order valence-corrected chi connectivity index (χ0v) is 16.5. The van der Waals surface area contributed by atoms with E-state index in [0.29, 0.717) is 0 Å². The van der Waals surface area contributed by atoms with Crippen LogP contribution in [0, 0.1) is 5.92 Å². The normalized spacial score (nSPS) is 15.7. The summed E-state index contributed by atoms with van der Waals surface area (Å²) in [7, 11) is 0. The minimum atomic E-state index is -0.666. The molecule has 6 heteroatoms. The fraction of sp³-hybridized carbons (Fsp3) is 0.600. The molecule has 0 spiro atoms. The van der Waals surface area contributed by atoms with Crippen molar-refractivity contribution in [1.29, 1.82) is 0 Å². The molecular formula is C20H31N3O3. The average molecular weight is 361 g/mol. The fourth-order valence-electron chi connectivity index (χ4n) is 2.95. The molecule has 0 aromatic heterocycles. The molecule has 1 aromatic carbocycles. The Kier molecular flexibility index (Phi) is 6.51. The van der Waals surface area contributed by atoms with Gasteiger partial charge in [-0.1, -0.05) is 19.9 Å². The van der Waals surface area contributed by atoms with Gasteiger partial charge < -0.3 is 20.3 Å². The van der Waals surface area contributed by atoms with Crippen molar-refractivity contribution in [1.82, 2.24) is 5.32 Å². The monoisotopic (exact) mass is 361 g/mol. The van der Waals surface area contributed by atoms with Crippen LogP contribution in [0.2, 0.25) is 0 Å². The number of ether oxygens (including phenoxy) is 1. The summed E-state index contributed by atoms with van der Waals surface area (Å²) in [5, 5.41) is 5.60. The van der Waals surface area contributed by atoms with Gasteiger partial charge in [-0.05, 0) is 57.7 Å². The predicted molar refractivity (Wildman–Crippen MR) is 105 cm³/mol. The summed E-state index contributed by atoms with van der Waals surface area (Å²) in [6.45, 7) is 11.3. The van der Waals surface area contributed by atoms with E-state index in [-0.39, 0.29) is 11.8 Å². The molecule has 1 heterocycles. The van der Waals surface area contributed by atoms with Crippen molar-refractivity contribution in [3.63, 3.8) is 0 Å². The van der Waals surface area contributed by atoms with Gasteiger partial charge in [0.2, 0.25) is 5.91 Å². The molecule has 1 atom stereocenters. The third kappa shape index (κ3) is 5.93. The quantitative estimate of drug-likeness (QED) is 0.837. The molecule has 1 aliphatic rings. The van der Waals surface area contributed by atoms with E-state index < -0.39 is 17.7 Å². The molecule has 1 fully saturated rings. The Balaban J connectivity index is 2.03. The molecule has 6 nitrogen and oxygen atoms in total. The van der Waals surface area contributed by atoms with Crippen LogP contribution < -0.4 is 15.5 Å². The number of carbonyl (C=O) groups is 2. The molecule has 144 valence electrons. The second-order valence-corrected chi connectivity index (χ2v) is 8.10. The topological polar surface area (TPSA) is 70.7 Å². The van der Waals surface area contributed by atoms with Crippen molar-refractivity contribution in [3.8, 4) is 0 Å². The number of hydrogen-bond acceptors (Lipinski definition) is 4. The van der Waals surface area contributed by atoms with Gasteiger partial charge >= 0.3 is 6.09 Å². The number of nitrogens with one attached hydrogen (secondary N) is 2. The summed E-state index contributed by atoms with van der Waals surface area (Å²) in [5.41, 5.74) is 1.24. The van der Waals surface area contributed by atoms with Crippen molar-refractivity contribution in [2.75, 3.05) is 23.3 Å². The molecular weight excluding hydrogens is 330 g/mol. The van der Waals surface area contributed by atoms with E-state index in [0.717, 1.165) is 24.5 Å². The minimum absolute atomic E-state index is 0.0655. The van der Waals surface area contributed by atoms with E-state index in [4.69, 9.17) is 4.74 Å². The van der Waals surface area contributed by atoms with Gasteiger partial charge in [-0.2, -0.15) is 0 Å². The molecule has 2 amide bonds. The highest BCUT2D eigenvalue weighted by Gasteiger charge is 2.27. The van der Waals surface area contributed by atoms with Crippen LogP contribution in [-0.4, -0.2) is 36.7 Å². The summed E-state index contributed by atoms with van der Waals surface area (Å²) >= 11 is 0. The summed E-state index contributed by atoms with van der Waals surface area (Å²) in [6.07, 6.45) is 1.81. The molecule has 0 saturated carbocycles. The first-order chi connectivity index (χ1) is 12.2. The molecule has 1 unspecified atom stereocenters. The molecule has 26 heavy (non-hydrogen) atoms. The lowest BCUT2D eigenvalue weighted by atomic mass is 10.0. The highest BCUT2D eigenvalue weighted by Crippen LogP contribution is 2.23. The van der Waals surface area contributed by atoms with Gasteiger partial charge in [0.1, 0.15) is 11.6 Å². The maximum Gasteiger partial charge on any atom is 0.408 e. The van der Waals surface area contributed by atoms with Gasteiger partial charge in [0.25, 0.3) is 0 Å². The van der Waals surface area contributed by atoms with Gasteiger partial charge in [-0.3, -0.25) is 4.79 Å². The first-order valence-corrected chi connectivity index (χ1v) is 9.31. The Morgan fingerprint density at radius 2 is 1.81 bits per heavy atom. The Bertz CT molecular complexity index is 631. The third-order valence-electron chi connectivity index (χ3n) is 4.21. The van der Waals surface area contributed by atoms with Gasteiger partial charge in [0.15, 0.2) is 0 Å². The Morgan fingerprint density at radius 1 is 1.15 bits per heavy atom. The largest absolute Gasteiger partial charge is 0.444 e. The smallest absolute Gasteiger partial charge is 0.408 e. The highest BCUT2D eigenvalue weighted by atomic mass is 16.6. The van der Waals surface area contributed by atoms with E-state index in [1.54, 1.807) is 20.8 Å². The second kappa shape index (κ2) is 8.43. The van der Waals surface area contributed by atoms with E-state index in [2.05, 4.69) is 21.6 Å². The zero-order chi connectivity index (χ0) is 19.3. The van der Waals surface area contributed by atoms with Gasteiger partial charge in [-0.15, -0.1) is 0 Å². The van der Waals surface area contributed by atoms with Crippen molar-refractivity contribution >= 4 is 23.4 Å². The van der Waals surface area contributed by atoms with Gasteiger partial charge in [0, 0.05) is 24.5 Å². The van der Waals surface area contributed by atoms with Crippen LogP contribution in [0.5, 0.6) is 0 Å². The van der Waals surface area contributed by atoms with Crippen LogP contribution in [0.3, 0.4) is 0 Å². The summed E-state index contributed by atoms with van der Waals surface area (Å²) < 4.78 is 5.27. The zero-order valence-electron chi connectivity index (χ0n) is 16.5. The average Bonchev–Trinajstić information content (AvgIpc) is 3.05. The lowest BCUT2D eigenvalue weighted by Crippen LogP contribution is -2.48. The van der Waals surface area contributed by atoms with Crippen LogP contribution in [0.4, 0.5) is 16.2 Å². The van der Waals surface area contributed by atoms with Gasteiger partial charge in [-0.25, -0.2) is 4.79 Å². The van der Waals surface area contributed by atoms with E-state index in [9.17, 15) is 9.59 Å². The van der Waals surface area contributed by atoms with Gasteiger partial charge in [0.05, 0.1) is 0 Å². The predicted octanol–water partition coefficient (Wildman–Crippen LogP) is 3.77. The van der Waals surface area contributed by atoms with Crippen LogP contribution in [0.15, 0.2) is 24.3 Å². The number of nitrogens with zero attached hydrogens (tertiary/aromatic N) is 1. The third-order valence-corrected chi connectivity index (χ3v) is 4.21. The van der Waals surface area contributed by atoms with Crippen molar-refractivity contribution in [3.05, 3.63) is 24.3 Å². The van der Waals surface area contributed by atoms with E-state index in [1.807, 2.05) is 32.0 Å². The number of anilines is 2. The second-order valence-electron chi connectivity index (χ2n) is 8.10. The Hall–Kier alpha value is -2.24. The maximum absolute atomic E-state index is 12.7. The van der Waals surface area contributed by atoms with Crippen LogP contribution in [0.1, 0.15) is 47.5 Å². The molecule has 1 saturated heterocycles. The Morgan fingerprint density at radius 3 is 2.38 bits per heavy atom. The highest BCUT2D eigenvalue weighted by molar-refractivity contribution is 5.97. The van der Waals surface area contributed by atoms with Crippen molar-refractivity contribution < 1.29 is 14.3 Å². The minimum Gasteiger partial charge on any atom is -0.444 e. The molecule has 0 bridgehead atoms.